The van der Waals surface area contributed by atoms with Crippen LogP contribution < -0.4 is 10.1 Å². The summed E-state index contributed by atoms with van der Waals surface area (Å²) in [5, 5.41) is 9.76. The highest BCUT2D eigenvalue weighted by molar-refractivity contribution is 7.12. The molecule has 0 radical (unpaired) electrons. The fraction of sp³-hybridized carbons (Fsp3) is 0.300. The minimum Gasteiger partial charge on any atom is -0.487 e. The molecule has 0 aliphatic rings. The number of hydrogen-bond donors (Lipinski definition) is 1. The number of amides is 1. The Bertz CT molecular complexity index is 964. The average Bonchev–Trinajstić information content (AvgIpc) is 3.23. The van der Waals surface area contributed by atoms with Crippen LogP contribution in [0.5, 0.6) is 5.75 Å². The SMILES string of the molecule is Cc1ccc(Cl)c(OCc2csc(C(=O)NC(C)c3cnn(C)c3C)c2)c1. The van der Waals surface area contributed by atoms with E-state index >= 15 is 0 Å². The second-order valence-corrected chi connectivity index (χ2v) is 7.86. The van der Waals surface area contributed by atoms with Crippen molar-refractivity contribution < 1.29 is 9.53 Å². The van der Waals surface area contributed by atoms with Gasteiger partial charge in [0.1, 0.15) is 12.4 Å². The molecule has 5 nitrogen and oxygen atoms in total. The van der Waals surface area contributed by atoms with Crippen molar-refractivity contribution in [1.82, 2.24) is 15.1 Å². The molecule has 0 aliphatic carbocycles. The van der Waals surface area contributed by atoms with E-state index in [1.165, 1.54) is 11.3 Å². The van der Waals surface area contributed by atoms with Crippen LogP contribution in [0.3, 0.4) is 0 Å². The number of carbonyl (C=O) groups is 1. The molecule has 0 saturated heterocycles. The molecule has 3 aromatic rings. The fourth-order valence-corrected chi connectivity index (χ4v) is 3.71. The molecule has 27 heavy (non-hydrogen) atoms. The molecule has 0 saturated carbocycles. The smallest absolute Gasteiger partial charge is 0.261 e. The summed E-state index contributed by atoms with van der Waals surface area (Å²) in [6.07, 6.45) is 1.79. The first-order chi connectivity index (χ1) is 12.8. The monoisotopic (exact) mass is 403 g/mol. The summed E-state index contributed by atoms with van der Waals surface area (Å²) in [5.74, 6) is 0.546. The molecule has 1 aromatic carbocycles. The minimum atomic E-state index is -0.112. The Morgan fingerprint density at radius 3 is 2.85 bits per heavy atom. The van der Waals surface area contributed by atoms with Crippen LogP contribution >= 0.6 is 22.9 Å². The number of aryl methyl sites for hydroxylation is 2. The quantitative estimate of drug-likeness (QED) is 0.641. The number of halogens is 1. The highest BCUT2D eigenvalue weighted by Gasteiger charge is 2.17. The van der Waals surface area contributed by atoms with E-state index in [9.17, 15) is 4.79 Å². The van der Waals surface area contributed by atoms with Gasteiger partial charge >= 0.3 is 0 Å². The van der Waals surface area contributed by atoms with Gasteiger partial charge in [-0.3, -0.25) is 9.48 Å². The number of nitrogens with one attached hydrogen (secondary N) is 1. The van der Waals surface area contributed by atoms with Crippen LogP contribution in [0.15, 0.2) is 35.8 Å². The van der Waals surface area contributed by atoms with Gasteiger partial charge in [0.2, 0.25) is 0 Å². The molecule has 0 spiro atoms. The number of rotatable bonds is 6. The molecule has 1 atom stereocenters. The molecule has 1 unspecified atom stereocenters. The zero-order chi connectivity index (χ0) is 19.6. The van der Waals surface area contributed by atoms with Crippen LogP contribution in [-0.4, -0.2) is 15.7 Å². The van der Waals surface area contributed by atoms with Crippen LogP contribution in [0.2, 0.25) is 5.02 Å². The number of carbonyl (C=O) groups excluding carboxylic acids is 1. The zero-order valence-electron chi connectivity index (χ0n) is 15.7. The van der Waals surface area contributed by atoms with Gasteiger partial charge in [-0.2, -0.15) is 5.10 Å². The summed E-state index contributed by atoms with van der Waals surface area (Å²) in [7, 11) is 1.89. The molecule has 3 rings (SSSR count). The number of thiophene rings is 1. The lowest BCUT2D eigenvalue weighted by Gasteiger charge is -2.13. The Balaban J connectivity index is 1.62. The van der Waals surface area contributed by atoms with Crippen LogP contribution in [0.4, 0.5) is 0 Å². The molecule has 1 N–H and O–H groups in total. The van der Waals surface area contributed by atoms with Crippen LogP contribution in [-0.2, 0) is 13.7 Å². The first-order valence-corrected chi connectivity index (χ1v) is 9.86. The molecule has 7 heteroatoms. The lowest BCUT2D eigenvalue weighted by molar-refractivity contribution is 0.0944. The normalized spacial score (nSPS) is 12.0. The van der Waals surface area contributed by atoms with Gasteiger partial charge in [-0.15, -0.1) is 11.3 Å². The van der Waals surface area contributed by atoms with Gasteiger partial charge in [-0.1, -0.05) is 17.7 Å². The zero-order valence-corrected chi connectivity index (χ0v) is 17.3. The Kier molecular flexibility index (Phi) is 5.87. The number of nitrogens with zero attached hydrogens (tertiary/aromatic N) is 2. The number of aromatic nitrogens is 2. The highest BCUT2D eigenvalue weighted by Crippen LogP contribution is 2.27. The molecule has 0 bridgehead atoms. The van der Waals surface area contributed by atoms with Crippen LogP contribution in [0.1, 0.15) is 45.0 Å². The Morgan fingerprint density at radius 1 is 1.37 bits per heavy atom. The number of hydrogen-bond acceptors (Lipinski definition) is 4. The molecule has 2 heterocycles. The number of ether oxygens (including phenoxy) is 1. The van der Waals surface area contributed by atoms with Crippen molar-refractivity contribution in [2.45, 2.75) is 33.4 Å². The Hall–Kier alpha value is -2.31. The van der Waals surface area contributed by atoms with Crippen molar-refractivity contribution in [2.24, 2.45) is 7.05 Å². The van der Waals surface area contributed by atoms with E-state index in [0.29, 0.717) is 22.3 Å². The minimum absolute atomic E-state index is 0.101. The van der Waals surface area contributed by atoms with Crippen LogP contribution in [0.25, 0.3) is 0 Å². The predicted molar refractivity (Wildman–Crippen MR) is 109 cm³/mol. The molecule has 0 fully saturated rings. The van der Waals surface area contributed by atoms with Crippen LogP contribution in [0, 0.1) is 13.8 Å². The standard InChI is InChI=1S/C20H22ClN3O2S/c1-12-5-6-17(21)18(7-12)26-10-15-8-19(27-11-15)20(25)23-13(2)16-9-22-24(4)14(16)3/h5-9,11,13H,10H2,1-4H3,(H,23,25). The second-order valence-electron chi connectivity index (χ2n) is 6.55. The Morgan fingerprint density at radius 2 is 2.15 bits per heavy atom. The van der Waals surface area contributed by atoms with E-state index in [1.807, 2.05) is 57.5 Å². The van der Waals surface area contributed by atoms with Crippen molar-refractivity contribution in [3.8, 4) is 5.75 Å². The third kappa shape index (κ3) is 4.51. The van der Waals surface area contributed by atoms with Gasteiger partial charge in [0, 0.05) is 23.9 Å². The first kappa shape index (κ1) is 19.5. The maximum atomic E-state index is 12.5. The summed E-state index contributed by atoms with van der Waals surface area (Å²) in [4.78, 5) is 13.2. The summed E-state index contributed by atoms with van der Waals surface area (Å²) in [6, 6.07) is 7.40. The lowest BCUT2D eigenvalue weighted by atomic mass is 10.1. The van der Waals surface area contributed by atoms with Crippen molar-refractivity contribution >= 4 is 28.8 Å². The second kappa shape index (κ2) is 8.15. The van der Waals surface area contributed by atoms with Crippen molar-refractivity contribution in [3.05, 3.63) is 68.1 Å². The number of benzene rings is 1. The van der Waals surface area contributed by atoms with E-state index in [2.05, 4.69) is 10.4 Å². The van der Waals surface area contributed by atoms with E-state index in [-0.39, 0.29) is 11.9 Å². The van der Waals surface area contributed by atoms with E-state index in [0.717, 1.165) is 22.4 Å². The van der Waals surface area contributed by atoms with E-state index in [4.69, 9.17) is 16.3 Å². The van der Waals surface area contributed by atoms with E-state index < -0.39 is 0 Å². The lowest BCUT2D eigenvalue weighted by Crippen LogP contribution is -2.26. The topological polar surface area (TPSA) is 56.1 Å². The summed E-state index contributed by atoms with van der Waals surface area (Å²) in [5.41, 5.74) is 4.07. The van der Waals surface area contributed by atoms with Gasteiger partial charge in [0.15, 0.2) is 0 Å². The van der Waals surface area contributed by atoms with Crippen molar-refractivity contribution in [2.75, 3.05) is 0 Å². The third-order valence-electron chi connectivity index (χ3n) is 4.45. The molecule has 2 aromatic heterocycles. The predicted octanol–water partition coefficient (Wildman–Crippen LogP) is 4.82. The molecular weight excluding hydrogens is 382 g/mol. The maximum Gasteiger partial charge on any atom is 0.261 e. The van der Waals surface area contributed by atoms with Gasteiger partial charge < -0.3 is 10.1 Å². The van der Waals surface area contributed by atoms with E-state index in [1.54, 1.807) is 10.9 Å². The average molecular weight is 404 g/mol. The maximum absolute atomic E-state index is 12.5. The van der Waals surface area contributed by atoms with Gasteiger partial charge in [0.05, 0.1) is 22.1 Å². The summed E-state index contributed by atoms with van der Waals surface area (Å²) >= 11 is 7.56. The summed E-state index contributed by atoms with van der Waals surface area (Å²) < 4.78 is 7.60. The molecular formula is C20H22ClN3O2S. The fourth-order valence-electron chi connectivity index (χ4n) is 2.74. The Labute approximate surface area is 167 Å². The van der Waals surface area contributed by atoms with Gasteiger partial charge in [-0.05, 0) is 49.9 Å². The largest absolute Gasteiger partial charge is 0.487 e. The molecule has 142 valence electrons. The van der Waals surface area contributed by atoms with Gasteiger partial charge in [-0.25, -0.2) is 0 Å². The van der Waals surface area contributed by atoms with Crippen molar-refractivity contribution in [1.29, 1.82) is 0 Å². The van der Waals surface area contributed by atoms with Gasteiger partial charge in [0.25, 0.3) is 5.91 Å². The summed E-state index contributed by atoms with van der Waals surface area (Å²) in [6.45, 7) is 6.30. The third-order valence-corrected chi connectivity index (χ3v) is 5.74. The molecule has 1 amide bonds. The molecule has 0 aliphatic heterocycles. The highest BCUT2D eigenvalue weighted by atomic mass is 35.5. The first-order valence-electron chi connectivity index (χ1n) is 8.61. The van der Waals surface area contributed by atoms with Crippen molar-refractivity contribution in [3.63, 3.8) is 0 Å².